The first-order chi connectivity index (χ1) is 11.1. The molecule has 0 atom stereocenters. The number of rotatable bonds is 4. The second kappa shape index (κ2) is 5.05. The quantitative estimate of drug-likeness (QED) is 0.802. The minimum Gasteiger partial charge on any atom is -0.323 e. The van der Waals surface area contributed by atoms with Crippen molar-refractivity contribution in [1.29, 1.82) is 0 Å². The molecule has 2 amide bonds. The average Bonchev–Trinajstić information content (AvgIpc) is 3.20. The summed E-state index contributed by atoms with van der Waals surface area (Å²) >= 11 is 0. The molecular formula is C16H13N3O4. The lowest BCUT2D eigenvalue weighted by atomic mass is 10.1. The predicted octanol–water partition coefficient (Wildman–Crippen LogP) is 1.66. The first-order valence-corrected chi connectivity index (χ1v) is 7.37. The lowest BCUT2D eigenvalue weighted by Crippen LogP contribution is -2.33. The Hall–Kier alpha value is -2.96. The molecule has 2 heterocycles. The molecule has 2 aliphatic rings. The Morgan fingerprint density at radius 2 is 1.78 bits per heavy atom. The van der Waals surface area contributed by atoms with Crippen LogP contribution in [0, 0.1) is 5.92 Å². The maximum absolute atomic E-state index is 12.3. The third-order valence-electron chi connectivity index (χ3n) is 3.98. The van der Waals surface area contributed by atoms with Gasteiger partial charge >= 0.3 is 5.97 Å². The minimum atomic E-state index is -0.766. The van der Waals surface area contributed by atoms with E-state index in [0.717, 1.165) is 12.8 Å². The van der Waals surface area contributed by atoms with E-state index in [2.05, 4.69) is 5.10 Å². The number of nitrogens with zero attached hydrogens (tertiary/aromatic N) is 3. The zero-order valence-corrected chi connectivity index (χ0v) is 12.1. The van der Waals surface area contributed by atoms with Crippen LogP contribution < -0.4 is 0 Å². The van der Waals surface area contributed by atoms with Crippen LogP contribution in [0.15, 0.2) is 36.5 Å². The number of amides is 2. The summed E-state index contributed by atoms with van der Waals surface area (Å²) in [7, 11) is 0. The van der Waals surface area contributed by atoms with Crippen molar-refractivity contribution in [3.63, 3.8) is 0 Å². The van der Waals surface area contributed by atoms with Crippen molar-refractivity contribution in [2.45, 2.75) is 19.4 Å². The van der Waals surface area contributed by atoms with Crippen molar-refractivity contribution in [1.82, 2.24) is 14.8 Å². The van der Waals surface area contributed by atoms with Crippen LogP contribution in [0.4, 0.5) is 0 Å². The van der Waals surface area contributed by atoms with Crippen molar-refractivity contribution in [2.75, 3.05) is 0 Å². The number of hydrogen-bond acceptors (Lipinski definition) is 5. The summed E-state index contributed by atoms with van der Waals surface area (Å²) in [5.74, 6) is -1.50. The van der Waals surface area contributed by atoms with E-state index in [1.807, 2.05) is 0 Å². The zero-order chi connectivity index (χ0) is 16.0. The van der Waals surface area contributed by atoms with Crippen molar-refractivity contribution in [2.24, 2.45) is 5.92 Å². The highest BCUT2D eigenvalue weighted by Gasteiger charge is 2.39. The molecule has 23 heavy (non-hydrogen) atoms. The van der Waals surface area contributed by atoms with Crippen LogP contribution in [-0.4, -0.2) is 32.6 Å². The van der Waals surface area contributed by atoms with Gasteiger partial charge in [0, 0.05) is 12.7 Å². The lowest BCUT2D eigenvalue weighted by molar-refractivity contribution is -0.0592. The fourth-order valence-corrected chi connectivity index (χ4v) is 2.58. The number of aromatic nitrogens is 2. The van der Waals surface area contributed by atoms with Crippen molar-refractivity contribution in [3.05, 3.63) is 53.3 Å². The van der Waals surface area contributed by atoms with Crippen molar-refractivity contribution < 1.29 is 19.2 Å². The number of benzene rings is 1. The van der Waals surface area contributed by atoms with Crippen LogP contribution in [0.1, 0.15) is 44.0 Å². The molecule has 1 aromatic carbocycles. The van der Waals surface area contributed by atoms with Crippen LogP contribution >= 0.6 is 0 Å². The van der Waals surface area contributed by atoms with Gasteiger partial charge in [-0.3, -0.25) is 14.3 Å². The van der Waals surface area contributed by atoms with Crippen LogP contribution in [-0.2, 0) is 11.4 Å². The largest absolute Gasteiger partial charge is 0.381 e. The van der Waals surface area contributed by atoms with Gasteiger partial charge < -0.3 is 4.84 Å². The molecule has 1 aliphatic carbocycles. The Balaban J connectivity index is 1.55. The molecule has 1 saturated carbocycles. The highest BCUT2D eigenvalue weighted by molar-refractivity contribution is 6.21. The number of imide groups is 1. The van der Waals surface area contributed by atoms with E-state index in [9.17, 15) is 14.4 Å². The summed E-state index contributed by atoms with van der Waals surface area (Å²) in [6.07, 6.45) is 3.74. The summed E-state index contributed by atoms with van der Waals surface area (Å²) < 4.78 is 1.55. The number of fused-ring (bicyclic) bond motifs is 1. The van der Waals surface area contributed by atoms with Gasteiger partial charge in [0.15, 0.2) is 0 Å². The third kappa shape index (κ3) is 2.30. The molecule has 0 radical (unpaired) electrons. The Morgan fingerprint density at radius 1 is 1.13 bits per heavy atom. The van der Waals surface area contributed by atoms with Gasteiger partial charge in [-0.15, -0.1) is 0 Å². The van der Waals surface area contributed by atoms with Crippen LogP contribution in [0.25, 0.3) is 0 Å². The molecule has 7 nitrogen and oxygen atoms in total. The fourth-order valence-electron chi connectivity index (χ4n) is 2.58. The molecule has 4 rings (SSSR count). The topological polar surface area (TPSA) is 81.5 Å². The van der Waals surface area contributed by atoms with Crippen molar-refractivity contribution in [3.8, 4) is 0 Å². The standard InChI is InChI=1S/C16H13N3O4/c20-14-11-3-1-2-4-12(11)15(21)19(14)23-16(22)13-7-8-17-18(13)9-10-5-6-10/h1-4,7-8,10H,5-6,9H2. The molecule has 1 aromatic heterocycles. The smallest absolute Gasteiger partial charge is 0.323 e. The zero-order valence-electron chi connectivity index (χ0n) is 12.1. The summed E-state index contributed by atoms with van der Waals surface area (Å²) in [6, 6.07) is 7.88. The summed E-state index contributed by atoms with van der Waals surface area (Å²) in [5, 5.41) is 4.61. The van der Waals surface area contributed by atoms with E-state index in [0.29, 0.717) is 17.5 Å². The normalized spacial score (nSPS) is 16.6. The average molecular weight is 311 g/mol. The van der Waals surface area contributed by atoms with E-state index < -0.39 is 17.8 Å². The molecule has 0 saturated heterocycles. The Morgan fingerprint density at radius 3 is 2.39 bits per heavy atom. The highest BCUT2D eigenvalue weighted by atomic mass is 16.7. The fraction of sp³-hybridized carbons (Fsp3) is 0.250. The van der Waals surface area contributed by atoms with Crippen LogP contribution in [0.3, 0.4) is 0 Å². The van der Waals surface area contributed by atoms with E-state index in [-0.39, 0.29) is 16.8 Å². The Kier molecular flexibility index (Phi) is 3.00. The molecule has 0 bridgehead atoms. The van der Waals surface area contributed by atoms with Gasteiger partial charge in [-0.1, -0.05) is 17.2 Å². The van der Waals surface area contributed by atoms with Crippen molar-refractivity contribution >= 4 is 17.8 Å². The van der Waals surface area contributed by atoms with Gasteiger partial charge in [-0.2, -0.15) is 5.10 Å². The first-order valence-electron chi connectivity index (χ1n) is 7.37. The Labute approximate surface area is 131 Å². The molecule has 0 N–H and O–H groups in total. The van der Waals surface area contributed by atoms with E-state index in [4.69, 9.17) is 4.84 Å². The minimum absolute atomic E-state index is 0.230. The molecule has 0 unspecified atom stereocenters. The summed E-state index contributed by atoms with van der Waals surface area (Å²) in [6.45, 7) is 0.638. The van der Waals surface area contributed by atoms with E-state index >= 15 is 0 Å². The first kappa shape index (κ1) is 13.7. The number of carbonyl (C=O) groups is 3. The molecule has 2 aromatic rings. The van der Waals surface area contributed by atoms with Gasteiger partial charge in [0.25, 0.3) is 11.8 Å². The van der Waals surface area contributed by atoms with E-state index in [1.165, 1.54) is 24.4 Å². The van der Waals surface area contributed by atoms with Gasteiger partial charge in [-0.25, -0.2) is 4.79 Å². The van der Waals surface area contributed by atoms with Gasteiger partial charge in [0.05, 0.1) is 11.1 Å². The predicted molar refractivity (Wildman–Crippen MR) is 77.3 cm³/mol. The number of hydroxylamine groups is 2. The number of hydrogen-bond donors (Lipinski definition) is 0. The molecule has 7 heteroatoms. The highest BCUT2D eigenvalue weighted by Crippen LogP contribution is 2.31. The molecule has 0 spiro atoms. The molecule has 1 fully saturated rings. The maximum atomic E-state index is 12.3. The lowest BCUT2D eigenvalue weighted by Gasteiger charge is -2.13. The van der Waals surface area contributed by atoms with Gasteiger partial charge in [-0.05, 0) is 37.0 Å². The summed E-state index contributed by atoms with van der Waals surface area (Å²) in [4.78, 5) is 41.7. The second-order valence-corrected chi connectivity index (χ2v) is 5.67. The maximum Gasteiger partial charge on any atom is 0.381 e. The van der Waals surface area contributed by atoms with E-state index in [1.54, 1.807) is 16.8 Å². The van der Waals surface area contributed by atoms with Gasteiger partial charge in [0.1, 0.15) is 5.69 Å². The number of carbonyl (C=O) groups excluding carboxylic acids is 3. The SMILES string of the molecule is O=C(ON1C(=O)c2ccccc2C1=O)c1ccnn1CC1CC1. The van der Waals surface area contributed by atoms with Gasteiger partial charge in [0.2, 0.25) is 0 Å². The summed E-state index contributed by atoms with van der Waals surface area (Å²) in [5.41, 5.74) is 0.696. The van der Waals surface area contributed by atoms with Crippen LogP contribution in [0.2, 0.25) is 0 Å². The Bertz CT molecular complexity index is 787. The third-order valence-corrected chi connectivity index (χ3v) is 3.98. The molecule has 116 valence electrons. The molecular weight excluding hydrogens is 298 g/mol. The molecule has 1 aliphatic heterocycles. The second-order valence-electron chi connectivity index (χ2n) is 5.67. The van der Waals surface area contributed by atoms with Crippen LogP contribution in [0.5, 0.6) is 0 Å². The monoisotopic (exact) mass is 311 g/mol.